The summed E-state index contributed by atoms with van der Waals surface area (Å²) in [6.07, 6.45) is -3.02. The van der Waals surface area contributed by atoms with Crippen LogP contribution in [0.2, 0.25) is 0 Å². The van der Waals surface area contributed by atoms with E-state index in [1.807, 2.05) is 91.0 Å². The van der Waals surface area contributed by atoms with Gasteiger partial charge in [-0.05, 0) is 16.7 Å². The standard InChI is InChI=1S/C30H32O7/c1-22(32)33-21-27-29(35-19-24-13-7-3-8-14-24)30(36-20-25-15-9-4-10-16-25)28(26(17-31)37-27)34-18-23-11-5-2-6-12-23/h2-17,26-30H,18-21H2,1H3/t26-,27-,28+,29-,30-/m1/s1. The quantitative estimate of drug-likeness (QED) is 0.269. The van der Waals surface area contributed by atoms with E-state index in [2.05, 4.69) is 0 Å². The summed E-state index contributed by atoms with van der Waals surface area (Å²) in [5.41, 5.74) is 2.89. The van der Waals surface area contributed by atoms with Gasteiger partial charge in [-0.25, -0.2) is 0 Å². The first-order valence-corrected chi connectivity index (χ1v) is 12.3. The molecule has 7 heteroatoms. The molecule has 0 radical (unpaired) electrons. The molecular weight excluding hydrogens is 472 g/mol. The zero-order valence-electron chi connectivity index (χ0n) is 20.8. The molecule has 4 rings (SSSR count). The zero-order valence-corrected chi connectivity index (χ0v) is 20.8. The molecule has 1 fully saturated rings. The molecule has 194 valence electrons. The zero-order chi connectivity index (χ0) is 25.9. The number of hydrogen-bond donors (Lipinski definition) is 0. The lowest BCUT2D eigenvalue weighted by atomic mass is 9.94. The lowest BCUT2D eigenvalue weighted by Gasteiger charge is -2.44. The second-order valence-corrected chi connectivity index (χ2v) is 8.86. The lowest BCUT2D eigenvalue weighted by molar-refractivity contribution is -0.263. The van der Waals surface area contributed by atoms with E-state index >= 15 is 0 Å². The summed E-state index contributed by atoms with van der Waals surface area (Å²) in [5.74, 6) is -0.447. The maximum atomic E-state index is 12.2. The largest absolute Gasteiger partial charge is 0.463 e. The molecule has 0 unspecified atom stereocenters. The summed E-state index contributed by atoms with van der Waals surface area (Å²) in [4.78, 5) is 23.8. The fraction of sp³-hybridized carbons (Fsp3) is 0.333. The number of esters is 1. The number of hydrogen-bond acceptors (Lipinski definition) is 7. The maximum Gasteiger partial charge on any atom is 0.302 e. The Morgan fingerprint density at radius 1 is 0.703 bits per heavy atom. The van der Waals surface area contributed by atoms with Crippen molar-refractivity contribution in [2.24, 2.45) is 0 Å². The Hall–Kier alpha value is -3.36. The molecule has 5 atom stereocenters. The van der Waals surface area contributed by atoms with Gasteiger partial charge in [-0.1, -0.05) is 91.0 Å². The van der Waals surface area contributed by atoms with Gasteiger partial charge < -0.3 is 28.5 Å². The second-order valence-electron chi connectivity index (χ2n) is 8.86. The van der Waals surface area contributed by atoms with E-state index in [0.29, 0.717) is 6.29 Å². The third-order valence-corrected chi connectivity index (χ3v) is 6.11. The SMILES string of the molecule is CC(=O)OC[C@H]1O[C@H](C=O)[C@H](OCc2ccccc2)[C@@H](OCc2ccccc2)[C@@H]1OCc1ccccc1. The molecule has 0 spiro atoms. The molecule has 3 aromatic carbocycles. The Bertz CT molecular complexity index is 1090. The van der Waals surface area contributed by atoms with Gasteiger partial charge in [0.15, 0.2) is 6.29 Å². The molecule has 7 nitrogen and oxygen atoms in total. The summed E-state index contributed by atoms with van der Waals surface area (Å²) in [6, 6.07) is 29.2. The van der Waals surface area contributed by atoms with Crippen molar-refractivity contribution in [2.45, 2.75) is 57.3 Å². The van der Waals surface area contributed by atoms with E-state index in [1.165, 1.54) is 6.92 Å². The average Bonchev–Trinajstić information content (AvgIpc) is 2.94. The van der Waals surface area contributed by atoms with Crippen LogP contribution >= 0.6 is 0 Å². The monoisotopic (exact) mass is 504 g/mol. The summed E-state index contributed by atoms with van der Waals surface area (Å²) in [7, 11) is 0. The van der Waals surface area contributed by atoms with Crippen molar-refractivity contribution >= 4 is 12.3 Å². The van der Waals surface area contributed by atoms with Gasteiger partial charge in [-0.2, -0.15) is 0 Å². The van der Waals surface area contributed by atoms with Crippen LogP contribution in [0.25, 0.3) is 0 Å². The van der Waals surface area contributed by atoms with Crippen LogP contribution in [0, 0.1) is 0 Å². The highest BCUT2D eigenvalue weighted by Gasteiger charge is 2.48. The van der Waals surface area contributed by atoms with Gasteiger partial charge in [0, 0.05) is 6.92 Å². The highest BCUT2D eigenvalue weighted by atomic mass is 16.6. The van der Waals surface area contributed by atoms with Crippen molar-refractivity contribution in [3.63, 3.8) is 0 Å². The molecule has 0 saturated carbocycles. The summed E-state index contributed by atoms with van der Waals surface area (Å²) in [5, 5.41) is 0. The number of benzene rings is 3. The van der Waals surface area contributed by atoms with Crippen molar-refractivity contribution in [1.29, 1.82) is 0 Å². The molecule has 1 aliphatic heterocycles. The van der Waals surface area contributed by atoms with Crippen molar-refractivity contribution in [1.82, 2.24) is 0 Å². The van der Waals surface area contributed by atoms with Gasteiger partial charge in [0.05, 0.1) is 19.8 Å². The van der Waals surface area contributed by atoms with Gasteiger partial charge >= 0.3 is 5.97 Å². The summed E-state index contributed by atoms with van der Waals surface area (Å²) < 4.78 is 30.4. The molecule has 0 amide bonds. The minimum atomic E-state index is -0.929. The van der Waals surface area contributed by atoms with Crippen LogP contribution in [0.3, 0.4) is 0 Å². The van der Waals surface area contributed by atoms with E-state index < -0.39 is 36.5 Å². The van der Waals surface area contributed by atoms with Crippen LogP contribution in [-0.4, -0.2) is 49.4 Å². The number of carbonyl (C=O) groups excluding carboxylic acids is 2. The maximum absolute atomic E-state index is 12.2. The smallest absolute Gasteiger partial charge is 0.302 e. The normalized spacial score (nSPS) is 23.3. The van der Waals surface area contributed by atoms with E-state index in [4.69, 9.17) is 23.7 Å². The molecular formula is C30H32O7. The number of carbonyl (C=O) groups is 2. The third-order valence-electron chi connectivity index (χ3n) is 6.11. The fourth-order valence-electron chi connectivity index (χ4n) is 4.27. The fourth-order valence-corrected chi connectivity index (χ4v) is 4.27. The van der Waals surface area contributed by atoms with Crippen molar-refractivity contribution in [3.05, 3.63) is 108 Å². The van der Waals surface area contributed by atoms with Crippen LogP contribution in [0.5, 0.6) is 0 Å². The number of ether oxygens (including phenoxy) is 5. The minimum Gasteiger partial charge on any atom is -0.463 e. The van der Waals surface area contributed by atoms with Crippen molar-refractivity contribution in [3.8, 4) is 0 Å². The van der Waals surface area contributed by atoms with E-state index in [9.17, 15) is 9.59 Å². The molecule has 1 aliphatic rings. The van der Waals surface area contributed by atoms with Crippen LogP contribution < -0.4 is 0 Å². The Morgan fingerprint density at radius 3 is 1.57 bits per heavy atom. The molecule has 0 aliphatic carbocycles. The van der Waals surface area contributed by atoms with Crippen molar-refractivity contribution < 1.29 is 33.3 Å². The summed E-state index contributed by atoms with van der Waals surface area (Å²) in [6.45, 7) is 2.09. The Labute approximate surface area is 217 Å². The third kappa shape index (κ3) is 7.81. The van der Waals surface area contributed by atoms with E-state index in [-0.39, 0.29) is 26.4 Å². The predicted molar refractivity (Wildman–Crippen MR) is 136 cm³/mol. The summed E-state index contributed by atoms with van der Waals surface area (Å²) >= 11 is 0. The number of aldehydes is 1. The van der Waals surface area contributed by atoms with Gasteiger partial charge in [0.1, 0.15) is 37.1 Å². The lowest BCUT2D eigenvalue weighted by Crippen LogP contribution is -2.61. The first-order valence-electron chi connectivity index (χ1n) is 12.3. The first-order chi connectivity index (χ1) is 18.1. The molecule has 3 aromatic rings. The topological polar surface area (TPSA) is 80.3 Å². The van der Waals surface area contributed by atoms with E-state index in [1.54, 1.807) is 0 Å². The van der Waals surface area contributed by atoms with Crippen LogP contribution in [0.1, 0.15) is 23.6 Å². The van der Waals surface area contributed by atoms with Crippen LogP contribution in [0.4, 0.5) is 0 Å². The molecule has 0 aromatic heterocycles. The highest BCUT2D eigenvalue weighted by Crippen LogP contribution is 2.30. The molecule has 1 saturated heterocycles. The molecule has 0 bridgehead atoms. The number of rotatable bonds is 12. The predicted octanol–water partition coefficient (Wildman–Crippen LogP) is 4.27. The molecule has 37 heavy (non-hydrogen) atoms. The van der Waals surface area contributed by atoms with Crippen LogP contribution in [0.15, 0.2) is 91.0 Å². The van der Waals surface area contributed by atoms with Crippen molar-refractivity contribution in [2.75, 3.05) is 6.61 Å². The molecule has 0 N–H and O–H groups in total. The minimum absolute atomic E-state index is 0.0737. The van der Waals surface area contributed by atoms with Gasteiger partial charge in [0.25, 0.3) is 0 Å². The van der Waals surface area contributed by atoms with E-state index in [0.717, 1.165) is 16.7 Å². The van der Waals surface area contributed by atoms with Gasteiger partial charge in [0.2, 0.25) is 0 Å². The van der Waals surface area contributed by atoms with Gasteiger partial charge in [-0.3, -0.25) is 4.79 Å². The first kappa shape index (κ1) is 26.7. The average molecular weight is 505 g/mol. The van der Waals surface area contributed by atoms with Crippen LogP contribution in [-0.2, 0) is 53.1 Å². The Balaban J connectivity index is 1.60. The van der Waals surface area contributed by atoms with Gasteiger partial charge in [-0.15, -0.1) is 0 Å². The Kier molecular flexibility index (Phi) is 9.97. The second kappa shape index (κ2) is 13.8. The molecule has 1 heterocycles. The Morgan fingerprint density at radius 2 is 1.14 bits per heavy atom. The highest BCUT2D eigenvalue weighted by molar-refractivity contribution is 5.66.